The van der Waals surface area contributed by atoms with E-state index < -0.39 is 16.3 Å². The Labute approximate surface area is 108 Å². The highest BCUT2D eigenvalue weighted by molar-refractivity contribution is 7.87. The second-order valence-electron chi connectivity index (χ2n) is 3.36. The molecule has 18 heavy (non-hydrogen) atoms. The van der Waals surface area contributed by atoms with E-state index in [4.69, 9.17) is 10.5 Å². The van der Waals surface area contributed by atoms with Crippen molar-refractivity contribution in [2.45, 2.75) is 13.3 Å². The minimum absolute atomic E-state index is 0.0994. The molecule has 1 amide bonds. The fourth-order valence-corrected chi connectivity index (χ4v) is 2.23. The number of hydrogen-bond donors (Lipinski definition) is 2. The van der Waals surface area contributed by atoms with Gasteiger partial charge in [-0.25, -0.2) is 9.52 Å². The average Bonchev–Trinajstić information content (AvgIpc) is 2.28. The first-order valence-electron chi connectivity index (χ1n) is 5.61. The van der Waals surface area contributed by atoms with Crippen LogP contribution in [0.2, 0.25) is 0 Å². The van der Waals surface area contributed by atoms with Gasteiger partial charge in [0.25, 0.3) is 0 Å². The van der Waals surface area contributed by atoms with Crippen molar-refractivity contribution in [2.75, 3.05) is 40.0 Å². The Morgan fingerprint density at radius 1 is 1.39 bits per heavy atom. The third kappa shape index (κ3) is 6.74. The van der Waals surface area contributed by atoms with Gasteiger partial charge in [-0.05, 0) is 19.9 Å². The number of nitrogens with zero attached hydrogens (tertiary/aromatic N) is 1. The fraction of sp³-hybridized carbons (Fsp3) is 0.889. The number of nitrogens with two attached hydrogens (primary N) is 1. The Morgan fingerprint density at radius 2 is 2.06 bits per heavy atom. The van der Waals surface area contributed by atoms with E-state index in [0.29, 0.717) is 13.0 Å². The zero-order valence-corrected chi connectivity index (χ0v) is 11.5. The molecule has 0 aromatic carbocycles. The Kier molecular flexibility index (Phi) is 8.63. The molecular formula is C9H21N3O5S. The van der Waals surface area contributed by atoms with Gasteiger partial charge in [-0.3, -0.25) is 0 Å². The van der Waals surface area contributed by atoms with Gasteiger partial charge in [-0.1, -0.05) is 0 Å². The van der Waals surface area contributed by atoms with Crippen molar-refractivity contribution in [3.05, 3.63) is 0 Å². The first-order valence-corrected chi connectivity index (χ1v) is 7.05. The van der Waals surface area contributed by atoms with E-state index in [1.54, 1.807) is 6.92 Å². The standard InChI is InChI=1S/C9H21N3O5S/c1-3-17-9(13)11-18(14,15)12(6-4-5-10)7-8-16-2/h3-8,10H2,1-2H3,(H,11,13). The van der Waals surface area contributed by atoms with Gasteiger partial charge in [0.05, 0.1) is 13.2 Å². The number of carbonyl (C=O) groups excluding carboxylic acids is 1. The molecule has 0 unspecified atom stereocenters. The summed E-state index contributed by atoms with van der Waals surface area (Å²) in [4.78, 5) is 11.1. The quantitative estimate of drug-likeness (QED) is 0.577. The lowest BCUT2D eigenvalue weighted by molar-refractivity contribution is 0.156. The molecule has 0 fully saturated rings. The molecule has 3 N–H and O–H groups in total. The normalized spacial score (nSPS) is 11.6. The monoisotopic (exact) mass is 283 g/mol. The lowest BCUT2D eigenvalue weighted by Gasteiger charge is -2.21. The smallest absolute Gasteiger partial charge is 0.421 e. The molecule has 0 saturated heterocycles. The summed E-state index contributed by atoms with van der Waals surface area (Å²) in [5, 5.41) is 0. The third-order valence-corrected chi connectivity index (χ3v) is 3.45. The van der Waals surface area contributed by atoms with E-state index in [1.807, 2.05) is 4.72 Å². The highest BCUT2D eigenvalue weighted by Gasteiger charge is 2.23. The Hall–Kier alpha value is -0.900. The summed E-state index contributed by atoms with van der Waals surface area (Å²) in [7, 11) is -2.45. The first-order chi connectivity index (χ1) is 8.47. The van der Waals surface area contributed by atoms with Crippen LogP contribution in [0.5, 0.6) is 0 Å². The van der Waals surface area contributed by atoms with Gasteiger partial charge < -0.3 is 15.2 Å². The lowest BCUT2D eigenvalue weighted by atomic mass is 10.4. The summed E-state index contributed by atoms with van der Waals surface area (Å²) in [5.74, 6) is 0. The van der Waals surface area contributed by atoms with E-state index in [9.17, 15) is 13.2 Å². The number of rotatable bonds is 9. The van der Waals surface area contributed by atoms with E-state index >= 15 is 0 Å². The van der Waals surface area contributed by atoms with E-state index in [-0.39, 0.29) is 26.3 Å². The maximum atomic E-state index is 11.8. The van der Waals surface area contributed by atoms with Gasteiger partial charge in [0.1, 0.15) is 0 Å². The summed E-state index contributed by atoms with van der Waals surface area (Å²) in [6.45, 7) is 2.64. The summed E-state index contributed by atoms with van der Waals surface area (Å²) < 4.78 is 35.9. The first kappa shape index (κ1) is 17.1. The third-order valence-electron chi connectivity index (χ3n) is 1.98. The zero-order chi connectivity index (χ0) is 14.0. The molecule has 0 radical (unpaired) electrons. The second-order valence-corrected chi connectivity index (χ2v) is 5.03. The van der Waals surface area contributed by atoms with Crippen LogP contribution in [0.25, 0.3) is 0 Å². The van der Waals surface area contributed by atoms with Crippen LogP contribution < -0.4 is 10.5 Å². The highest BCUT2D eigenvalue weighted by atomic mass is 32.2. The highest BCUT2D eigenvalue weighted by Crippen LogP contribution is 2.00. The van der Waals surface area contributed by atoms with Crippen LogP contribution in [0.4, 0.5) is 4.79 Å². The minimum Gasteiger partial charge on any atom is -0.449 e. The predicted molar refractivity (Wildman–Crippen MR) is 66.2 cm³/mol. The molecule has 0 rings (SSSR count). The van der Waals surface area contributed by atoms with Crippen LogP contribution >= 0.6 is 0 Å². The Bertz CT molecular complexity index is 325. The molecule has 0 heterocycles. The van der Waals surface area contributed by atoms with Gasteiger partial charge in [0.15, 0.2) is 0 Å². The zero-order valence-electron chi connectivity index (χ0n) is 10.7. The number of carbonyl (C=O) groups is 1. The van der Waals surface area contributed by atoms with E-state index in [0.717, 1.165) is 4.31 Å². The molecule has 0 atom stereocenters. The van der Waals surface area contributed by atoms with Crippen molar-refractivity contribution in [1.82, 2.24) is 9.03 Å². The summed E-state index contributed by atoms with van der Waals surface area (Å²) in [6.07, 6.45) is -0.499. The van der Waals surface area contributed by atoms with E-state index in [2.05, 4.69) is 4.74 Å². The predicted octanol–water partition coefficient (Wildman–Crippen LogP) is -0.725. The topological polar surface area (TPSA) is 111 Å². The van der Waals surface area contributed by atoms with Crippen LogP contribution in [-0.2, 0) is 19.7 Å². The number of ether oxygens (including phenoxy) is 2. The van der Waals surface area contributed by atoms with Gasteiger partial charge in [-0.15, -0.1) is 0 Å². The molecule has 0 aliphatic heterocycles. The molecule has 108 valence electrons. The van der Waals surface area contributed by atoms with Crippen molar-refractivity contribution in [3.63, 3.8) is 0 Å². The summed E-state index contributed by atoms with van der Waals surface area (Å²) >= 11 is 0. The maximum absolute atomic E-state index is 11.8. The molecule has 0 spiro atoms. The van der Waals surface area contributed by atoms with Crippen molar-refractivity contribution < 1.29 is 22.7 Å². The molecule has 0 bridgehead atoms. The molecule has 0 aliphatic carbocycles. The average molecular weight is 283 g/mol. The number of nitrogens with one attached hydrogen (secondary N) is 1. The molecule has 0 aliphatic rings. The number of methoxy groups -OCH3 is 1. The van der Waals surface area contributed by atoms with Crippen LogP contribution in [0.15, 0.2) is 0 Å². The summed E-state index contributed by atoms with van der Waals surface area (Å²) in [5.41, 5.74) is 5.33. The van der Waals surface area contributed by atoms with Crippen LogP contribution in [0.3, 0.4) is 0 Å². The second kappa shape index (κ2) is 9.09. The van der Waals surface area contributed by atoms with Crippen LogP contribution in [-0.4, -0.2) is 58.8 Å². The Balaban J connectivity index is 4.56. The fourth-order valence-electron chi connectivity index (χ4n) is 1.14. The lowest BCUT2D eigenvalue weighted by Crippen LogP contribution is -2.45. The van der Waals surface area contributed by atoms with Crippen molar-refractivity contribution in [1.29, 1.82) is 0 Å². The van der Waals surface area contributed by atoms with Gasteiger partial charge >= 0.3 is 16.3 Å². The van der Waals surface area contributed by atoms with Crippen molar-refractivity contribution in [3.8, 4) is 0 Å². The molecule has 0 aromatic rings. The maximum Gasteiger partial charge on any atom is 0.421 e. The Morgan fingerprint density at radius 3 is 2.56 bits per heavy atom. The van der Waals surface area contributed by atoms with Crippen molar-refractivity contribution in [2.24, 2.45) is 5.73 Å². The molecule has 0 saturated carbocycles. The number of hydrogen-bond acceptors (Lipinski definition) is 6. The number of amides is 1. The SMILES string of the molecule is CCOC(=O)NS(=O)(=O)N(CCCN)CCOC. The van der Waals surface area contributed by atoms with E-state index in [1.165, 1.54) is 7.11 Å². The van der Waals surface area contributed by atoms with Gasteiger partial charge in [0, 0.05) is 20.2 Å². The van der Waals surface area contributed by atoms with Gasteiger partial charge in [-0.2, -0.15) is 12.7 Å². The molecule has 0 aromatic heterocycles. The molecule has 9 heteroatoms. The van der Waals surface area contributed by atoms with Crippen LogP contribution in [0.1, 0.15) is 13.3 Å². The minimum atomic E-state index is -3.92. The van der Waals surface area contributed by atoms with Crippen molar-refractivity contribution >= 4 is 16.3 Å². The molecular weight excluding hydrogens is 262 g/mol. The van der Waals surface area contributed by atoms with Gasteiger partial charge in [0.2, 0.25) is 0 Å². The summed E-state index contributed by atoms with van der Waals surface area (Å²) in [6, 6.07) is 0. The largest absolute Gasteiger partial charge is 0.449 e. The van der Waals surface area contributed by atoms with Crippen LogP contribution in [0, 0.1) is 0 Å². The molecule has 8 nitrogen and oxygen atoms in total.